The lowest BCUT2D eigenvalue weighted by atomic mass is 10.3. The van der Waals surface area contributed by atoms with Gasteiger partial charge in [0.1, 0.15) is 0 Å². The van der Waals surface area contributed by atoms with E-state index in [4.69, 9.17) is 5.73 Å². The van der Waals surface area contributed by atoms with E-state index in [1.54, 1.807) is 6.07 Å². The molecule has 5 N–H and O–H groups in total. The molecule has 2 aromatic carbocycles. The van der Waals surface area contributed by atoms with E-state index in [9.17, 15) is 16.8 Å². The van der Waals surface area contributed by atoms with Crippen LogP contribution in [0, 0.1) is 0 Å². The first-order chi connectivity index (χ1) is 9.71. The van der Waals surface area contributed by atoms with Crippen molar-refractivity contribution in [3.05, 3.63) is 60.7 Å². The van der Waals surface area contributed by atoms with Gasteiger partial charge in [0.05, 0.1) is 4.90 Å². The molecule has 2 aromatic rings. The minimum absolute atomic E-state index is 0.158. The molecule has 0 aliphatic carbocycles. The van der Waals surface area contributed by atoms with Gasteiger partial charge in [0.15, 0.2) is 0 Å². The van der Waals surface area contributed by atoms with Crippen LogP contribution in [-0.2, 0) is 20.2 Å². The normalized spacial score (nSPS) is 11.3. The average molecular weight is 329 g/mol. The number of nitrogen functional groups attached to an aromatic ring is 1. The molecule has 0 saturated carbocycles. The van der Waals surface area contributed by atoms with Crippen LogP contribution in [-0.4, -0.2) is 16.8 Å². The van der Waals surface area contributed by atoms with Gasteiger partial charge < -0.3 is 5.73 Å². The van der Waals surface area contributed by atoms with E-state index < -0.39 is 20.2 Å². The molecule has 0 saturated heterocycles. The van der Waals surface area contributed by atoms with Gasteiger partial charge >= 0.3 is 0 Å². The average Bonchev–Trinajstić information content (AvgIpc) is 2.39. The van der Waals surface area contributed by atoms with Gasteiger partial charge in [-0.3, -0.25) is 0 Å². The fraction of sp³-hybridized carbons (Fsp3) is 0. The van der Waals surface area contributed by atoms with Gasteiger partial charge in [-0.1, -0.05) is 40.5 Å². The highest BCUT2D eigenvalue weighted by Gasteiger charge is 2.18. The molecule has 9 heteroatoms. The number of nitrogens with two attached hydrogens (primary N) is 2. The summed E-state index contributed by atoms with van der Waals surface area (Å²) in [6, 6.07) is 16.5. The molecule has 7 nitrogen and oxygen atoms in total. The van der Waals surface area contributed by atoms with Crippen molar-refractivity contribution in [3.63, 3.8) is 0 Å². The first-order valence-electron chi connectivity index (χ1n) is 5.62. The van der Waals surface area contributed by atoms with Crippen LogP contribution in [0.2, 0.25) is 0 Å². The Labute approximate surface area is 123 Å². The van der Waals surface area contributed by atoms with Crippen LogP contribution in [0.4, 0.5) is 5.69 Å². The van der Waals surface area contributed by atoms with Crippen LogP contribution >= 0.6 is 0 Å². The van der Waals surface area contributed by atoms with Crippen molar-refractivity contribution < 1.29 is 16.8 Å². The second-order valence-corrected chi connectivity index (χ2v) is 7.09. The summed E-state index contributed by atoms with van der Waals surface area (Å²) < 4.78 is 44.9. The highest BCUT2D eigenvalue weighted by Crippen LogP contribution is 2.06. The summed E-state index contributed by atoms with van der Waals surface area (Å²) >= 11 is 0. The van der Waals surface area contributed by atoms with Crippen LogP contribution in [0.25, 0.3) is 0 Å². The predicted molar refractivity (Wildman–Crippen MR) is 80.7 cm³/mol. The third-order valence-corrected chi connectivity index (χ3v) is 4.78. The fourth-order valence-electron chi connectivity index (χ4n) is 1.25. The molecular weight excluding hydrogens is 314 g/mol. The minimum Gasteiger partial charge on any atom is -0.399 e. The van der Waals surface area contributed by atoms with Gasteiger partial charge in [-0.15, -0.1) is 0 Å². The van der Waals surface area contributed by atoms with Crippen LogP contribution in [0.5, 0.6) is 0 Å². The third-order valence-electron chi connectivity index (χ3n) is 2.08. The van der Waals surface area contributed by atoms with Crippen molar-refractivity contribution in [1.29, 1.82) is 0 Å². The maximum absolute atomic E-state index is 11.3. The van der Waals surface area contributed by atoms with Crippen molar-refractivity contribution in [2.24, 2.45) is 5.14 Å². The molecule has 114 valence electrons. The number of nitrogens with one attached hydrogen (secondary N) is 1. The summed E-state index contributed by atoms with van der Waals surface area (Å²) in [5.74, 6) is 0. The molecule has 0 unspecified atom stereocenters. The van der Waals surface area contributed by atoms with Crippen molar-refractivity contribution in [2.45, 2.75) is 4.90 Å². The number of rotatable bonds is 3. The largest absolute Gasteiger partial charge is 0.399 e. The molecule has 0 atom stereocenters. The number of hydrogen-bond donors (Lipinski definition) is 3. The second kappa shape index (κ2) is 7.18. The standard InChI is InChI=1S/C6H8N2O4S2.C6H7N/c7-14(11,12)8-13(9,10)6-4-2-1-3-5-6;7-6-4-2-1-3-5-6/h1-5,8H,(H2,7,11,12);1-5H,7H2. The summed E-state index contributed by atoms with van der Waals surface area (Å²) in [6.07, 6.45) is 0. The van der Waals surface area contributed by atoms with Gasteiger partial charge in [-0.05, 0) is 24.3 Å². The lowest BCUT2D eigenvalue weighted by Gasteiger charge is -2.03. The first kappa shape index (κ1) is 17.1. The second-order valence-electron chi connectivity index (χ2n) is 3.86. The van der Waals surface area contributed by atoms with Crippen molar-refractivity contribution in [1.82, 2.24) is 4.13 Å². The quantitative estimate of drug-likeness (QED) is 0.703. The zero-order chi connectivity index (χ0) is 15.9. The van der Waals surface area contributed by atoms with E-state index in [0.29, 0.717) is 0 Å². The Morgan fingerprint density at radius 1 is 0.762 bits per heavy atom. The molecule has 0 aromatic heterocycles. The van der Waals surface area contributed by atoms with Gasteiger partial charge in [0, 0.05) is 5.69 Å². The van der Waals surface area contributed by atoms with E-state index in [0.717, 1.165) is 5.69 Å². The summed E-state index contributed by atoms with van der Waals surface area (Å²) in [4.78, 5) is -0.158. The maximum atomic E-state index is 11.3. The Morgan fingerprint density at radius 3 is 1.52 bits per heavy atom. The maximum Gasteiger partial charge on any atom is 0.287 e. The smallest absolute Gasteiger partial charge is 0.287 e. The molecule has 0 aliphatic heterocycles. The lowest BCUT2D eigenvalue weighted by Crippen LogP contribution is -2.35. The van der Waals surface area contributed by atoms with E-state index in [2.05, 4.69) is 5.14 Å². The predicted octanol–water partition coefficient (Wildman–Crippen LogP) is 0.437. The van der Waals surface area contributed by atoms with Gasteiger partial charge in [0.25, 0.3) is 20.2 Å². The molecule has 21 heavy (non-hydrogen) atoms. The van der Waals surface area contributed by atoms with E-state index in [1.807, 2.05) is 30.3 Å². The lowest BCUT2D eigenvalue weighted by molar-refractivity contribution is 0.578. The molecule has 0 amide bonds. The Balaban J connectivity index is 0.000000262. The first-order valence-corrected chi connectivity index (χ1v) is 8.65. The monoisotopic (exact) mass is 329 g/mol. The Kier molecular flexibility index (Phi) is 5.85. The highest BCUT2D eigenvalue weighted by molar-refractivity contribution is 8.03. The van der Waals surface area contributed by atoms with Crippen molar-refractivity contribution in [3.8, 4) is 0 Å². The molecule has 0 spiro atoms. The SMILES string of the molecule is NS(=O)(=O)NS(=O)(=O)c1ccccc1.Nc1ccccc1. The Morgan fingerprint density at radius 2 is 1.19 bits per heavy atom. The van der Waals surface area contributed by atoms with Crippen LogP contribution in [0.3, 0.4) is 0 Å². The Bertz CT molecular complexity index is 761. The molecule has 0 heterocycles. The van der Waals surface area contributed by atoms with E-state index in [-0.39, 0.29) is 4.90 Å². The molecule has 0 aliphatic rings. The zero-order valence-electron chi connectivity index (χ0n) is 10.9. The number of hydrogen-bond acceptors (Lipinski definition) is 5. The number of para-hydroxylation sites is 1. The van der Waals surface area contributed by atoms with Crippen LogP contribution in [0.15, 0.2) is 65.6 Å². The summed E-state index contributed by atoms with van der Waals surface area (Å²) in [5, 5.41) is 4.54. The molecule has 0 bridgehead atoms. The number of sulfonamides is 1. The van der Waals surface area contributed by atoms with Crippen molar-refractivity contribution >= 4 is 25.9 Å². The van der Waals surface area contributed by atoms with Crippen molar-refractivity contribution in [2.75, 3.05) is 5.73 Å². The van der Waals surface area contributed by atoms with Crippen LogP contribution < -0.4 is 15.0 Å². The van der Waals surface area contributed by atoms with Gasteiger partial charge in [-0.2, -0.15) is 8.42 Å². The molecular formula is C12H15N3O4S2. The summed E-state index contributed by atoms with van der Waals surface area (Å²) in [7, 11) is -8.35. The summed E-state index contributed by atoms with van der Waals surface area (Å²) in [5.41, 5.74) is 6.18. The van der Waals surface area contributed by atoms with E-state index >= 15 is 0 Å². The minimum atomic E-state index is -4.27. The molecule has 0 radical (unpaired) electrons. The zero-order valence-corrected chi connectivity index (χ0v) is 12.5. The molecule has 0 fully saturated rings. The number of anilines is 1. The van der Waals surface area contributed by atoms with E-state index in [1.165, 1.54) is 28.4 Å². The topological polar surface area (TPSA) is 132 Å². The van der Waals surface area contributed by atoms with Gasteiger partial charge in [0.2, 0.25) is 0 Å². The fourth-order valence-corrected chi connectivity index (χ4v) is 3.38. The van der Waals surface area contributed by atoms with Crippen LogP contribution in [0.1, 0.15) is 0 Å². The Hall–Kier alpha value is -1.94. The summed E-state index contributed by atoms with van der Waals surface area (Å²) in [6.45, 7) is 0. The van der Waals surface area contributed by atoms with Gasteiger partial charge in [-0.25, -0.2) is 13.6 Å². The third kappa shape index (κ3) is 6.86. The highest BCUT2D eigenvalue weighted by atomic mass is 32.3. The number of benzene rings is 2. The molecule has 2 rings (SSSR count).